The Labute approximate surface area is 133 Å². The van der Waals surface area contributed by atoms with E-state index in [2.05, 4.69) is 15.5 Å². The molecule has 0 spiro atoms. The van der Waals surface area contributed by atoms with Gasteiger partial charge in [-0.1, -0.05) is 48.5 Å². The summed E-state index contributed by atoms with van der Waals surface area (Å²) in [6.45, 7) is 0. The number of aromatic nitrogens is 1. The quantitative estimate of drug-likeness (QED) is 0.717. The van der Waals surface area contributed by atoms with Crippen molar-refractivity contribution in [3.8, 4) is 0 Å². The summed E-state index contributed by atoms with van der Waals surface area (Å²) < 4.78 is 0. The van der Waals surface area contributed by atoms with Crippen molar-refractivity contribution in [3.63, 3.8) is 0 Å². The zero-order chi connectivity index (χ0) is 15.6. The number of aromatic amines is 1. The third-order valence-corrected chi connectivity index (χ3v) is 3.98. The Morgan fingerprint density at radius 1 is 1.00 bits per heavy atom. The number of benzene rings is 2. The molecule has 1 aliphatic heterocycles. The Balaban J connectivity index is 1.71. The minimum atomic E-state index is -0.152. The number of hydrazone groups is 1. The highest BCUT2D eigenvalue weighted by atomic mass is 16.2. The van der Waals surface area contributed by atoms with Gasteiger partial charge in [0.05, 0.1) is 11.3 Å². The molecule has 1 aromatic heterocycles. The van der Waals surface area contributed by atoms with Crippen molar-refractivity contribution < 1.29 is 4.79 Å². The maximum atomic E-state index is 12.1. The Bertz CT molecular complexity index is 935. The average molecular weight is 301 g/mol. The summed E-state index contributed by atoms with van der Waals surface area (Å²) in [5.41, 5.74) is 7.15. The first-order chi connectivity index (χ1) is 11.3. The highest BCUT2D eigenvalue weighted by Gasteiger charge is 2.23. The molecule has 0 radical (unpaired) electrons. The van der Waals surface area contributed by atoms with Crippen LogP contribution < -0.4 is 5.43 Å². The summed E-state index contributed by atoms with van der Waals surface area (Å²) in [7, 11) is 0. The van der Waals surface area contributed by atoms with E-state index < -0.39 is 0 Å². The van der Waals surface area contributed by atoms with Crippen LogP contribution in [0, 0.1) is 0 Å². The predicted molar refractivity (Wildman–Crippen MR) is 92.0 cm³/mol. The fourth-order valence-electron chi connectivity index (χ4n) is 2.81. The first kappa shape index (κ1) is 13.5. The number of nitrogens with one attached hydrogen (secondary N) is 2. The Morgan fingerprint density at radius 2 is 1.78 bits per heavy atom. The third kappa shape index (κ3) is 2.55. The number of hydrogen-bond acceptors (Lipinski definition) is 2. The Kier molecular flexibility index (Phi) is 3.27. The molecule has 4 rings (SSSR count). The molecular weight excluding hydrogens is 286 g/mol. The van der Waals surface area contributed by atoms with Crippen molar-refractivity contribution >= 4 is 28.6 Å². The van der Waals surface area contributed by atoms with Crippen molar-refractivity contribution in [1.82, 2.24) is 10.4 Å². The molecule has 2 heterocycles. The molecule has 1 aliphatic rings. The minimum absolute atomic E-state index is 0.152. The predicted octanol–water partition coefficient (Wildman–Crippen LogP) is 3.28. The van der Waals surface area contributed by atoms with Crippen LogP contribution in [-0.4, -0.2) is 16.6 Å². The standard InChI is InChI=1S/C19H15N3O/c23-19-16(11-14-12-20-17-9-5-4-8-15(14)17)18(21-22-19)10-13-6-2-1-3-7-13/h1-9,11-12,20H,10H2,(H,22,23). The molecule has 4 heteroatoms. The summed E-state index contributed by atoms with van der Waals surface area (Å²) in [5.74, 6) is -0.152. The third-order valence-electron chi connectivity index (χ3n) is 3.98. The van der Waals surface area contributed by atoms with Gasteiger partial charge in [-0.15, -0.1) is 0 Å². The van der Waals surface area contributed by atoms with Crippen LogP contribution in [0.25, 0.3) is 17.0 Å². The fourth-order valence-corrected chi connectivity index (χ4v) is 2.81. The monoisotopic (exact) mass is 301 g/mol. The second kappa shape index (κ2) is 5.57. The molecule has 0 atom stereocenters. The lowest BCUT2D eigenvalue weighted by Gasteiger charge is -2.02. The van der Waals surface area contributed by atoms with E-state index >= 15 is 0 Å². The van der Waals surface area contributed by atoms with E-state index in [4.69, 9.17) is 0 Å². The maximum Gasteiger partial charge on any atom is 0.273 e. The number of hydrogen-bond donors (Lipinski definition) is 2. The lowest BCUT2D eigenvalue weighted by atomic mass is 10.0. The lowest BCUT2D eigenvalue weighted by molar-refractivity contribution is -0.116. The molecular formula is C19H15N3O. The molecule has 2 aromatic carbocycles. The molecule has 2 N–H and O–H groups in total. The number of rotatable bonds is 3. The molecule has 1 amide bonds. The van der Waals surface area contributed by atoms with Crippen LogP contribution in [0.4, 0.5) is 0 Å². The van der Waals surface area contributed by atoms with Gasteiger partial charge in [0.25, 0.3) is 5.91 Å². The zero-order valence-electron chi connectivity index (χ0n) is 12.4. The topological polar surface area (TPSA) is 57.2 Å². The molecule has 4 nitrogen and oxygen atoms in total. The lowest BCUT2D eigenvalue weighted by Crippen LogP contribution is -2.13. The van der Waals surface area contributed by atoms with E-state index in [0.29, 0.717) is 12.0 Å². The van der Waals surface area contributed by atoms with Gasteiger partial charge in [0.1, 0.15) is 0 Å². The molecule has 0 saturated carbocycles. The van der Waals surface area contributed by atoms with E-state index in [1.165, 1.54) is 0 Å². The second-order valence-electron chi connectivity index (χ2n) is 5.51. The van der Waals surface area contributed by atoms with Crippen LogP contribution in [0.3, 0.4) is 0 Å². The first-order valence-corrected chi connectivity index (χ1v) is 7.50. The number of H-pyrrole nitrogens is 1. The summed E-state index contributed by atoms with van der Waals surface area (Å²) in [4.78, 5) is 15.4. The van der Waals surface area contributed by atoms with Crippen LogP contribution >= 0.6 is 0 Å². The molecule has 0 bridgehead atoms. The minimum Gasteiger partial charge on any atom is -0.361 e. The van der Waals surface area contributed by atoms with Gasteiger partial charge in [0, 0.05) is 29.1 Å². The van der Waals surface area contributed by atoms with Crippen LogP contribution in [0.5, 0.6) is 0 Å². The number of amides is 1. The number of para-hydroxylation sites is 1. The Hall–Kier alpha value is -3.14. The zero-order valence-corrected chi connectivity index (χ0v) is 12.4. The number of carbonyl (C=O) groups excluding carboxylic acids is 1. The van der Waals surface area contributed by atoms with Gasteiger partial charge < -0.3 is 4.98 Å². The molecule has 0 unspecified atom stereocenters. The molecule has 112 valence electrons. The normalized spacial score (nSPS) is 15.9. The van der Waals surface area contributed by atoms with Crippen LogP contribution in [-0.2, 0) is 11.2 Å². The molecule has 0 fully saturated rings. The van der Waals surface area contributed by atoms with Gasteiger partial charge in [-0.05, 0) is 17.7 Å². The van der Waals surface area contributed by atoms with Gasteiger partial charge in [0.2, 0.25) is 0 Å². The summed E-state index contributed by atoms with van der Waals surface area (Å²) >= 11 is 0. The Morgan fingerprint density at radius 3 is 2.65 bits per heavy atom. The number of fused-ring (bicyclic) bond motifs is 1. The molecule has 0 aliphatic carbocycles. The average Bonchev–Trinajstić information content (AvgIpc) is 3.15. The van der Waals surface area contributed by atoms with Crippen LogP contribution in [0.15, 0.2) is 71.5 Å². The molecule has 0 saturated heterocycles. The highest BCUT2D eigenvalue weighted by molar-refractivity contribution is 6.28. The number of nitrogens with zero attached hydrogens (tertiary/aromatic N) is 1. The number of carbonyl (C=O) groups is 1. The highest BCUT2D eigenvalue weighted by Crippen LogP contribution is 2.22. The first-order valence-electron chi connectivity index (χ1n) is 7.50. The van der Waals surface area contributed by atoms with Gasteiger partial charge in [0.15, 0.2) is 0 Å². The summed E-state index contributed by atoms with van der Waals surface area (Å²) in [5, 5.41) is 5.29. The summed E-state index contributed by atoms with van der Waals surface area (Å²) in [6.07, 6.45) is 4.46. The van der Waals surface area contributed by atoms with Gasteiger partial charge in [-0.25, -0.2) is 5.43 Å². The maximum absolute atomic E-state index is 12.1. The van der Waals surface area contributed by atoms with Crippen LogP contribution in [0.1, 0.15) is 11.1 Å². The van der Waals surface area contributed by atoms with E-state index in [9.17, 15) is 4.79 Å². The van der Waals surface area contributed by atoms with Crippen molar-refractivity contribution in [2.75, 3.05) is 0 Å². The second-order valence-corrected chi connectivity index (χ2v) is 5.51. The SMILES string of the molecule is O=C1NN=C(Cc2ccccc2)C1=Cc1c[nH]c2ccccc12. The van der Waals surface area contributed by atoms with Crippen molar-refractivity contribution in [2.24, 2.45) is 5.10 Å². The molecule has 23 heavy (non-hydrogen) atoms. The van der Waals surface area contributed by atoms with E-state index in [-0.39, 0.29) is 5.91 Å². The van der Waals surface area contributed by atoms with Crippen molar-refractivity contribution in [1.29, 1.82) is 0 Å². The smallest absolute Gasteiger partial charge is 0.273 e. The van der Waals surface area contributed by atoms with Gasteiger partial charge in [-0.2, -0.15) is 5.10 Å². The van der Waals surface area contributed by atoms with E-state index in [0.717, 1.165) is 27.7 Å². The summed E-state index contributed by atoms with van der Waals surface area (Å²) in [6, 6.07) is 18.1. The largest absolute Gasteiger partial charge is 0.361 e. The van der Waals surface area contributed by atoms with Crippen LogP contribution in [0.2, 0.25) is 0 Å². The van der Waals surface area contributed by atoms with Crippen molar-refractivity contribution in [2.45, 2.75) is 6.42 Å². The van der Waals surface area contributed by atoms with Gasteiger partial charge >= 0.3 is 0 Å². The fraction of sp³-hybridized carbons (Fsp3) is 0.0526. The molecule has 3 aromatic rings. The van der Waals surface area contributed by atoms with E-state index in [1.54, 1.807) is 0 Å². The van der Waals surface area contributed by atoms with Gasteiger partial charge in [-0.3, -0.25) is 4.79 Å². The van der Waals surface area contributed by atoms with Crippen molar-refractivity contribution in [3.05, 3.63) is 77.5 Å². The van der Waals surface area contributed by atoms with E-state index in [1.807, 2.05) is 66.9 Å².